The number of halogens is 1. The predicted octanol–water partition coefficient (Wildman–Crippen LogP) is 4.37. The highest BCUT2D eigenvalue weighted by molar-refractivity contribution is 5.96. The fourth-order valence-electron chi connectivity index (χ4n) is 5.92. The minimum absolute atomic E-state index is 0.00529. The standard InChI is InChI=1S/C29H31FN10O/c1-39-9-11-40(12-10-39)21-7-8-32-27-24(21)35-28(36-27)25-22-23(30)20(16-33-26(22)38-37-25)18-13-19(15-31-14-18)34-29(41)17-5-3-2-4-6-17/h7-8,13-17H,2-6,9-12H2,1H3,(H,34,41)(H,32,35,36)(H,33,37,38). The number of aromatic nitrogens is 7. The van der Waals surface area contributed by atoms with Crippen LogP contribution in [-0.2, 0) is 4.79 Å². The maximum absolute atomic E-state index is 16.2. The monoisotopic (exact) mass is 554 g/mol. The molecule has 12 heteroatoms. The van der Waals surface area contributed by atoms with E-state index in [2.05, 4.69) is 57.3 Å². The summed E-state index contributed by atoms with van der Waals surface area (Å²) in [6, 6.07) is 3.71. The molecular formula is C29H31FN10O. The number of H-pyrrole nitrogens is 2. The normalized spacial score (nSPS) is 17.0. The third-order valence-corrected chi connectivity index (χ3v) is 8.26. The van der Waals surface area contributed by atoms with E-state index >= 15 is 4.39 Å². The topological polar surface area (TPSA) is 132 Å². The summed E-state index contributed by atoms with van der Waals surface area (Å²) in [7, 11) is 2.12. The Hall–Kier alpha value is -4.45. The Kier molecular flexibility index (Phi) is 6.54. The molecule has 0 aromatic carbocycles. The van der Waals surface area contributed by atoms with Gasteiger partial charge in [0.05, 0.1) is 23.0 Å². The van der Waals surface area contributed by atoms with Crippen molar-refractivity contribution in [3.8, 4) is 22.6 Å². The molecule has 1 aliphatic carbocycles. The molecule has 1 saturated heterocycles. The largest absolute Gasteiger partial charge is 0.367 e. The minimum atomic E-state index is -0.496. The number of amides is 1. The first-order valence-electron chi connectivity index (χ1n) is 14.1. The zero-order chi connectivity index (χ0) is 27.9. The van der Waals surface area contributed by atoms with Crippen molar-refractivity contribution >= 4 is 39.5 Å². The molecule has 210 valence electrons. The molecule has 3 N–H and O–H groups in total. The van der Waals surface area contributed by atoms with Crippen LogP contribution in [0.4, 0.5) is 15.8 Å². The second kappa shape index (κ2) is 10.5. The number of carbonyl (C=O) groups excluding carboxylic acids is 1. The van der Waals surface area contributed by atoms with Crippen LogP contribution < -0.4 is 10.2 Å². The Balaban J connectivity index is 1.22. The Morgan fingerprint density at radius 1 is 1.05 bits per heavy atom. The third-order valence-electron chi connectivity index (χ3n) is 8.26. The lowest BCUT2D eigenvalue weighted by molar-refractivity contribution is -0.120. The summed E-state index contributed by atoms with van der Waals surface area (Å²) in [4.78, 5) is 38.6. The van der Waals surface area contributed by atoms with Crippen molar-refractivity contribution in [1.82, 2.24) is 40.0 Å². The highest BCUT2D eigenvalue weighted by atomic mass is 19.1. The van der Waals surface area contributed by atoms with Gasteiger partial charge in [0, 0.05) is 61.8 Å². The van der Waals surface area contributed by atoms with Gasteiger partial charge >= 0.3 is 0 Å². The molecule has 5 aromatic rings. The summed E-state index contributed by atoms with van der Waals surface area (Å²) in [5.41, 5.74) is 4.29. The number of fused-ring (bicyclic) bond motifs is 2. The van der Waals surface area contributed by atoms with E-state index in [1.165, 1.54) is 12.6 Å². The summed E-state index contributed by atoms with van der Waals surface area (Å²) in [6.45, 7) is 3.73. The van der Waals surface area contributed by atoms with E-state index in [9.17, 15) is 4.79 Å². The van der Waals surface area contributed by atoms with E-state index in [1.54, 1.807) is 24.7 Å². The van der Waals surface area contributed by atoms with Crippen LogP contribution >= 0.6 is 0 Å². The maximum Gasteiger partial charge on any atom is 0.227 e. The summed E-state index contributed by atoms with van der Waals surface area (Å²) in [6.07, 6.45) is 11.4. The van der Waals surface area contributed by atoms with Gasteiger partial charge in [-0.2, -0.15) is 5.10 Å². The molecule has 0 unspecified atom stereocenters. The van der Waals surface area contributed by atoms with Crippen LogP contribution in [0.2, 0.25) is 0 Å². The average Bonchev–Trinajstić information content (AvgIpc) is 3.63. The Labute approximate surface area is 235 Å². The average molecular weight is 555 g/mol. The molecule has 0 spiro atoms. The van der Waals surface area contributed by atoms with Crippen LogP contribution in [0.15, 0.2) is 36.9 Å². The Morgan fingerprint density at radius 3 is 2.71 bits per heavy atom. The molecule has 2 fully saturated rings. The van der Waals surface area contributed by atoms with Crippen molar-refractivity contribution in [2.24, 2.45) is 5.92 Å². The number of likely N-dealkylation sites (N-methyl/N-ethyl adjacent to an activating group) is 1. The van der Waals surface area contributed by atoms with E-state index < -0.39 is 5.82 Å². The van der Waals surface area contributed by atoms with Crippen LogP contribution in [0.1, 0.15) is 32.1 Å². The van der Waals surface area contributed by atoms with Crippen molar-refractivity contribution in [1.29, 1.82) is 0 Å². The summed E-state index contributed by atoms with van der Waals surface area (Å²) >= 11 is 0. The Morgan fingerprint density at radius 2 is 1.88 bits per heavy atom. The number of hydrogen-bond acceptors (Lipinski definition) is 8. The van der Waals surface area contributed by atoms with E-state index in [-0.39, 0.29) is 28.4 Å². The van der Waals surface area contributed by atoms with E-state index in [1.807, 2.05) is 6.07 Å². The van der Waals surface area contributed by atoms with E-state index in [4.69, 9.17) is 0 Å². The number of pyridine rings is 3. The first kappa shape index (κ1) is 25.5. The number of anilines is 2. The zero-order valence-electron chi connectivity index (χ0n) is 22.8. The SMILES string of the molecule is CN1CCN(c2ccnc3nc(-c4[nH]nc5ncc(-c6cncc(NC(=O)C7CCCCC7)c6)c(F)c45)[nH]c23)CC1. The maximum atomic E-state index is 16.2. The fourth-order valence-corrected chi connectivity index (χ4v) is 5.92. The van der Waals surface area contributed by atoms with E-state index in [0.29, 0.717) is 28.4 Å². The summed E-state index contributed by atoms with van der Waals surface area (Å²) in [5.74, 6) is -0.0694. The Bertz CT molecular complexity index is 1730. The van der Waals surface area contributed by atoms with Gasteiger partial charge in [-0.15, -0.1) is 0 Å². The lowest BCUT2D eigenvalue weighted by atomic mass is 9.88. The number of imidazole rings is 1. The number of nitrogens with one attached hydrogen (secondary N) is 3. The van der Waals surface area contributed by atoms with Gasteiger partial charge in [0.15, 0.2) is 17.1 Å². The first-order valence-corrected chi connectivity index (χ1v) is 14.1. The van der Waals surface area contributed by atoms with Crippen molar-refractivity contribution in [2.75, 3.05) is 43.4 Å². The molecule has 0 atom stereocenters. The van der Waals surface area contributed by atoms with Crippen molar-refractivity contribution in [3.63, 3.8) is 0 Å². The minimum Gasteiger partial charge on any atom is -0.367 e. The van der Waals surface area contributed by atoms with Gasteiger partial charge < -0.3 is 20.1 Å². The van der Waals surface area contributed by atoms with Gasteiger partial charge in [0.1, 0.15) is 17.0 Å². The second-order valence-corrected chi connectivity index (χ2v) is 11.0. The fraction of sp³-hybridized carbons (Fsp3) is 0.379. The molecule has 1 amide bonds. The van der Waals surface area contributed by atoms with Gasteiger partial charge in [0.25, 0.3) is 0 Å². The molecule has 0 radical (unpaired) electrons. The van der Waals surface area contributed by atoms with Gasteiger partial charge in [-0.25, -0.2) is 19.3 Å². The number of rotatable bonds is 5. The van der Waals surface area contributed by atoms with Crippen LogP contribution in [0.5, 0.6) is 0 Å². The summed E-state index contributed by atoms with van der Waals surface area (Å²) < 4.78 is 16.2. The number of aromatic amines is 2. The molecule has 0 bridgehead atoms. The highest BCUT2D eigenvalue weighted by Gasteiger charge is 2.24. The summed E-state index contributed by atoms with van der Waals surface area (Å²) in [5, 5.41) is 10.4. The van der Waals surface area contributed by atoms with Crippen molar-refractivity contribution in [2.45, 2.75) is 32.1 Å². The molecule has 1 aliphatic heterocycles. The molecule has 7 rings (SSSR count). The highest BCUT2D eigenvalue weighted by Crippen LogP contribution is 2.34. The van der Waals surface area contributed by atoms with E-state index in [0.717, 1.165) is 63.1 Å². The molecular weight excluding hydrogens is 523 g/mol. The molecule has 11 nitrogen and oxygen atoms in total. The van der Waals surface area contributed by atoms with Crippen molar-refractivity contribution in [3.05, 3.63) is 42.7 Å². The number of nitrogens with zero attached hydrogens (tertiary/aromatic N) is 7. The lowest BCUT2D eigenvalue weighted by Gasteiger charge is -2.34. The van der Waals surface area contributed by atoms with Crippen LogP contribution in [0.3, 0.4) is 0 Å². The quantitative estimate of drug-likeness (QED) is 0.292. The number of hydrogen-bond donors (Lipinski definition) is 3. The van der Waals surface area contributed by atoms with Crippen LogP contribution in [-0.4, -0.2) is 79.2 Å². The molecule has 1 saturated carbocycles. The smallest absolute Gasteiger partial charge is 0.227 e. The van der Waals surface area contributed by atoms with Gasteiger partial charge in [-0.3, -0.25) is 14.9 Å². The van der Waals surface area contributed by atoms with Crippen LogP contribution in [0, 0.1) is 11.7 Å². The first-order chi connectivity index (χ1) is 20.0. The van der Waals surface area contributed by atoms with Crippen molar-refractivity contribution < 1.29 is 9.18 Å². The van der Waals surface area contributed by atoms with Gasteiger partial charge in [0.2, 0.25) is 5.91 Å². The number of carbonyl (C=O) groups is 1. The predicted molar refractivity (Wildman–Crippen MR) is 155 cm³/mol. The second-order valence-electron chi connectivity index (χ2n) is 11.0. The lowest BCUT2D eigenvalue weighted by Crippen LogP contribution is -2.44. The number of piperazine rings is 1. The molecule has 41 heavy (non-hydrogen) atoms. The van der Waals surface area contributed by atoms with Gasteiger partial charge in [-0.1, -0.05) is 19.3 Å². The van der Waals surface area contributed by atoms with Gasteiger partial charge in [-0.05, 0) is 32.0 Å². The third kappa shape index (κ3) is 4.77. The zero-order valence-corrected chi connectivity index (χ0v) is 22.8. The van der Waals surface area contributed by atoms with Crippen LogP contribution in [0.25, 0.3) is 44.8 Å². The molecule has 6 heterocycles. The molecule has 2 aliphatic rings. The molecule has 5 aromatic heterocycles.